The highest BCUT2D eigenvalue weighted by Gasteiger charge is 2.24. The second kappa shape index (κ2) is 2.29. The lowest BCUT2D eigenvalue weighted by atomic mass is 10.0. The van der Waals surface area contributed by atoms with Crippen LogP contribution in [0.3, 0.4) is 0 Å². The maximum Gasteiger partial charge on any atom is 0.228 e. The van der Waals surface area contributed by atoms with Crippen molar-refractivity contribution in [3.8, 4) is 0 Å². The zero-order chi connectivity index (χ0) is 9.71. The fraction of sp³-hybridized carbons (Fsp3) is 0. The lowest BCUT2D eigenvalue weighted by Crippen LogP contribution is -1.79. The van der Waals surface area contributed by atoms with Crippen LogP contribution in [0.5, 0.6) is 0 Å². The van der Waals surface area contributed by atoms with Crippen molar-refractivity contribution < 1.29 is 10.2 Å². The molecule has 14 heavy (non-hydrogen) atoms. The van der Waals surface area contributed by atoms with Crippen LogP contribution in [0.25, 0.3) is 22.3 Å². The van der Waals surface area contributed by atoms with Crippen LogP contribution in [0.1, 0.15) is 11.1 Å². The predicted molar refractivity (Wildman–Crippen MR) is 54.1 cm³/mol. The summed E-state index contributed by atoms with van der Waals surface area (Å²) >= 11 is 0. The summed E-state index contributed by atoms with van der Waals surface area (Å²) in [6, 6.07) is 11.1. The van der Waals surface area contributed by atoms with Gasteiger partial charge in [0.05, 0.1) is 0 Å². The zero-order valence-corrected chi connectivity index (χ0v) is 7.32. The lowest BCUT2D eigenvalue weighted by Gasteiger charge is -1.99. The molecule has 0 heterocycles. The summed E-state index contributed by atoms with van der Waals surface area (Å²) in [4.78, 5) is 0. The first-order valence-corrected chi connectivity index (χ1v) is 4.42. The van der Waals surface area contributed by atoms with Crippen molar-refractivity contribution >= 4 is 22.3 Å². The Morgan fingerprint density at radius 3 is 2.29 bits per heavy atom. The summed E-state index contributed by atoms with van der Waals surface area (Å²) in [6.45, 7) is 0. The second-order valence-electron chi connectivity index (χ2n) is 3.39. The van der Waals surface area contributed by atoms with Crippen LogP contribution >= 0.6 is 0 Å². The van der Waals surface area contributed by atoms with Crippen molar-refractivity contribution in [3.63, 3.8) is 0 Å². The molecule has 0 aliphatic heterocycles. The highest BCUT2D eigenvalue weighted by Crippen LogP contribution is 2.39. The number of aliphatic hydroxyl groups excluding tert-OH is 1. The smallest absolute Gasteiger partial charge is 0.228 e. The highest BCUT2D eigenvalue weighted by molar-refractivity contribution is 6.09. The SMILES string of the molecule is [O]C1=C(O)c2cccc3cccc1c23. The molecule has 3 rings (SSSR count). The van der Waals surface area contributed by atoms with E-state index >= 15 is 0 Å². The van der Waals surface area contributed by atoms with Crippen LogP contribution in [-0.2, 0) is 5.11 Å². The summed E-state index contributed by atoms with van der Waals surface area (Å²) in [5.74, 6) is -0.395. The maximum atomic E-state index is 11.6. The Hall–Kier alpha value is -1.96. The van der Waals surface area contributed by atoms with Gasteiger partial charge in [-0.2, -0.15) is 0 Å². The van der Waals surface area contributed by atoms with Crippen LogP contribution in [-0.4, -0.2) is 5.11 Å². The minimum Gasteiger partial charge on any atom is -0.504 e. The first-order chi connectivity index (χ1) is 6.79. The first kappa shape index (κ1) is 7.44. The van der Waals surface area contributed by atoms with Gasteiger partial charge in [-0.1, -0.05) is 36.4 Å². The highest BCUT2D eigenvalue weighted by atomic mass is 16.3. The molecule has 2 aromatic carbocycles. The predicted octanol–water partition coefficient (Wildman–Crippen LogP) is 2.97. The molecule has 0 saturated heterocycles. The fourth-order valence-electron chi connectivity index (χ4n) is 1.98. The number of benzene rings is 2. The zero-order valence-electron chi connectivity index (χ0n) is 7.32. The Labute approximate surface area is 80.7 Å². The molecule has 2 heteroatoms. The van der Waals surface area contributed by atoms with Gasteiger partial charge in [0.25, 0.3) is 0 Å². The molecule has 1 radical (unpaired) electrons. The molecule has 0 atom stereocenters. The topological polar surface area (TPSA) is 40.1 Å². The van der Waals surface area contributed by atoms with E-state index in [0.29, 0.717) is 11.1 Å². The van der Waals surface area contributed by atoms with Crippen LogP contribution in [0.2, 0.25) is 0 Å². The molecule has 2 nitrogen and oxygen atoms in total. The molecule has 67 valence electrons. The molecule has 0 saturated carbocycles. The van der Waals surface area contributed by atoms with E-state index in [2.05, 4.69) is 0 Å². The van der Waals surface area contributed by atoms with Gasteiger partial charge in [-0.25, -0.2) is 0 Å². The standard InChI is InChI=1S/C12H7O2/c13-11-8-5-1-3-7-4-2-6-9(10(7)8)12(11)14/h1-6,13H. The van der Waals surface area contributed by atoms with Crippen molar-refractivity contribution in [1.29, 1.82) is 0 Å². The van der Waals surface area contributed by atoms with Crippen LogP contribution in [0.4, 0.5) is 0 Å². The maximum absolute atomic E-state index is 11.6. The summed E-state index contributed by atoms with van der Waals surface area (Å²) < 4.78 is 0. The van der Waals surface area contributed by atoms with E-state index in [4.69, 9.17) is 0 Å². The largest absolute Gasteiger partial charge is 0.504 e. The molecule has 0 unspecified atom stereocenters. The third kappa shape index (κ3) is 0.708. The average molecular weight is 183 g/mol. The summed E-state index contributed by atoms with van der Waals surface area (Å²) in [5, 5.41) is 23.1. The molecule has 1 aliphatic carbocycles. The van der Waals surface area contributed by atoms with E-state index in [1.54, 1.807) is 12.1 Å². The molecule has 0 amide bonds. The Balaban J connectivity index is 2.59. The summed E-state index contributed by atoms with van der Waals surface area (Å²) in [5.41, 5.74) is 1.26. The molecule has 0 spiro atoms. The van der Waals surface area contributed by atoms with Crippen LogP contribution < -0.4 is 0 Å². The van der Waals surface area contributed by atoms with Gasteiger partial charge in [-0.3, -0.25) is 5.11 Å². The lowest BCUT2D eigenvalue weighted by molar-refractivity contribution is 0.375. The molecule has 0 bridgehead atoms. The van der Waals surface area contributed by atoms with Crippen molar-refractivity contribution in [2.24, 2.45) is 0 Å². The average Bonchev–Trinajstić information content (AvgIpc) is 2.47. The van der Waals surface area contributed by atoms with Crippen molar-refractivity contribution in [2.75, 3.05) is 0 Å². The number of rotatable bonds is 0. The Morgan fingerprint density at radius 1 is 0.929 bits per heavy atom. The quantitative estimate of drug-likeness (QED) is 0.670. The van der Waals surface area contributed by atoms with Crippen molar-refractivity contribution in [1.82, 2.24) is 0 Å². The van der Waals surface area contributed by atoms with E-state index in [9.17, 15) is 10.2 Å². The molecule has 2 aromatic rings. The van der Waals surface area contributed by atoms with Gasteiger partial charge in [-0.05, 0) is 5.39 Å². The number of aliphatic hydroxyl groups is 1. The van der Waals surface area contributed by atoms with E-state index < -0.39 is 0 Å². The number of hydrogen-bond acceptors (Lipinski definition) is 1. The van der Waals surface area contributed by atoms with Gasteiger partial charge in [0, 0.05) is 16.5 Å². The second-order valence-corrected chi connectivity index (χ2v) is 3.39. The van der Waals surface area contributed by atoms with Gasteiger partial charge in [-0.15, -0.1) is 0 Å². The summed E-state index contributed by atoms with van der Waals surface area (Å²) in [6.07, 6.45) is 0. The Bertz CT molecular complexity index is 521. The Kier molecular flexibility index (Phi) is 1.22. The minimum absolute atomic E-state index is 0.128. The van der Waals surface area contributed by atoms with Crippen molar-refractivity contribution in [3.05, 3.63) is 47.5 Å². The summed E-state index contributed by atoms with van der Waals surface area (Å²) in [7, 11) is 0. The van der Waals surface area contributed by atoms with Gasteiger partial charge in [0.1, 0.15) is 0 Å². The van der Waals surface area contributed by atoms with Gasteiger partial charge >= 0.3 is 0 Å². The molecule has 1 N–H and O–H groups in total. The van der Waals surface area contributed by atoms with Crippen LogP contribution in [0, 0.1) is 0 Å². The molecule has 1 aliphatic rings. The normalized spacial score (nSPS) is 14.0. The first-order valence-electron chi connectivity index (χ1n) is 4.42. The molecule has 0 fully saturated rings. The monoisotopic (exact) mass is 183 g/mol. The van der Waals surface area contributed by atoms with Crippen LogP contribution in [0.15, 0.2) is 36.4 Å². The minimum atomic E-state index is -0.267. The van der Waals surface area contributed by atoms with E-state index in [-0.39, 0.29) is 11.5 Å². The van der Waals surface area contributed by atoms with Gasteiger partial charge < -0.3 is 5.11 Å². The Morgan fingerprint density at radius 2 is 1.57 bits per heavy atom. The molecular formula is C12H7O2. The molecule has 0 aromatic heterocycles. The van der Waals surface area contributed by atoms with E-state index in [0.717, 1.165) is 10.8 Å². The van der Waals surface area contributed by atoms with E-state index in [1.807, 2.05) is 24.3 Å². The van der Waals surface area contributed by atoms with Gasteiger partial charge in [0.15, 0.2) is 5.76 Å². The van der Waals surface area contributed by atoms with Crippen molar-refractivity contribution in [2.45, 2.75) is 0 Å². The fourth-order valence-corrected chi connectivity index (χ4v) is 1.98. The third-order valence-corrected chi connectivity index (χ3v) is 2.62. The number of hydrogen-bond donors (Lipinski definition) is 1. The van der Waals surface area contributed by atoms with E-state index in [1.165, 1.54) is 0 Å². The molecular weight excluding hydrogens is 176 g/mol. The van der Waals surface area contributed by atoms with Gasteiger partial charge in [0.2, 0.25) is 5.76 Å². The third-order valence-electron chi connectivity index (χ3n) is 2.62.